The monoisotopic (exact) mass is 367 g/mol. The van der Waals surface area contributed by atoms with Crippen molar-refractivity contribution in [2.75, 3.05) is 26.0 Å². The lowest BCUT2D eigenvalue weighted by molar-refractivity contribution is -0.184. The molecular weight excluding hydrogens is 347 g/mol. The fraction of sp³-hybridized carbons (Fsp3) is 0.467. The number of anilines is 1. The molecule has 1 aromatic rings. The molecule has 1 aromatic carbocycles. The van der Waals surface area contributed by atoms with Crippen LogP contribution in [0.25, 0.3) is 0 Å². The molecule has 0 aliphatic carbocycles. The first-order chi connectivity index (χ1) is 10.7. The van der Waals surface area contributed by atoms with Crippen molar-refractivity contribution in [2.24, 2.45) is 0 Å². The second-order valence-electron chi connectivity index (χ2n) is 5.11. The number of nitrogens with one attached hydrogen (secondary N) is 2. The summed E-state index contributed by atoms with van der Waals surface area (Å²) in [5.41, 5.74) is 0.989. The average Bonchev–Trinajstić information content (AvgIpc) is 2.46. The maximum atomic E-state index is 12.3. The van der Waals surface area contributed by atoms with Gasteiger partial charge in [0.15, 0.2) is 0 Å². The molecule has 0 aliphatic heterocycles. The number of carbonyl (C=O) groups excluding carboxylic acids is 2. The summed E-state index contributed by atoms with van der Waals surface area (Å²) in [6, 6.07) is 6.41. The summed E-state index contributed by atoms with van der Waals surface area (Å²) >= 11 is 0. The highest BCUT2D eigenvalue weighted by atomic mass is 35.5. The van der Waals surface area contributed by atoms with Crippen LogP contribution in [0.4, 0.5) is 18.9 Å². The number of carbonyl (C=O) groups is 2. The third kappa shape index (κ3) is 7.65. The summed E-state index contributed by atoms with van der Waals surface area (Å²) in [7, 11) is 2.87. The Bertz CT molecular complexity index is 553. The first-order valence-corrected chi connectivity index (χ1v) is 7.09. The van der Waals surface area contributed by atoms with Gasteiger partial charge in [-0.2, -0.15) is 13.2 Å². The normalized spacial score (nSPS) is 10.7. The summed E-state index contributed by atoms with van der Waals surface area (Å²) in [6.45, 7) is 0.527. The van der Waals surface area contributed by atoms with Crippen LogP contribution in [0.1, 0.15) is 18.4 Å². The molecule has 1 rings (SSSR count). The molecule has 0 unspecified atom stereocenters. The van der Waals surface area contributed by atoms with Crippen LogP contribution < -0.4 is 10.6 Å². The third-order valence-electron chi connectivity index (χ3n) is 3.05. The van der Waals surface area contributed by atoms with E-state index in [4.69, 9.17) is 0 Å². The second-order valence-corrected chi connectivity index (χ2v) is 5.11. The van der Waals surface area contributed by atoms with Gasteiger partial charge in [0.2, 0.25) is 5.91 Å². The molecule has 2 N–H and O–H groups in total. The van der Waals surface area contributed by atoms with Crippen molar-refractivity contribution in [1.82, 2.24) is 10.2 Å². The highest BCUT2D eigenvalue weighted by Gasteiger charge is 2.41. The molecule has 0 aliphatic rings. The van der Waals surface area contributed by atoms with Gasteiger partial charge in [-0.25, -0.2) is 0 Å². The minimum atomic E-state index is -4.89. The minimum absolute atomic E-state index is 0. The van der Waals surface area contributed by atoms with Crippen LogP contribution in [0.3, 0.4) is 0 Å². The Morgan fingerprint density at radius 3 is 2.50 bits per heavy atom. The van der Waals surface area contributed by atoms with Crippen molar-refractivity contribution in [1.29, 1.82) is 0 Å². The molecule has 0 atom stereocenters. The predicted molar refractivity (Wildman–Crippen MR) is 88.0 cm³/mol. The summed E-state index contributed by atoms with van der Waals surface area (Å²) in [6.07, 6.45) is -3.86. The van der Waals surface area contributed by atoms with Crippen LogP contribution in [0, 0.1) is 0 Å². The van der Waals surface area contributed by atoms with Gasteiger partial charge in [0.05, 0.1) is 0 Å². The van der Waals surface area contributed by atoms with Crippen LogP contribution in [0.5, 0.6) is 0 Å². The van der Waals surface area contributed by atoms with Crippen molar-refractivity contribution in [3.63, 3.8) is 0 Å². The lowest BCUT2D eigenvalue weighted by Gasteiger charge is -2.19. The molecule has 0 fully saturated rings. The molecule has 24 heavy (non-hydrogen) atoms. The van der Waals surface area contributed by atoms with E-state index in [0.717, 1.165) is 13.6 Å². The first kappa shape index (κ1) is 22.2. The zero-order valence-corrected chi connectivity index (χ0v) is 14.3. The summed E-state index contributed by atoms with van der Waals surface area (Å²) in [5, 5.41) is 5.61. The molecule has 0 saturated heterocycles. The van der Waals surface area contributed by atoms with Gasteiger partial charge in [-0.3, -0.25) is 9.59 Å². The Morgan fingerprint density at radius 2 is 1.92 bits per heavy atom. The molecular formula is C15H21ClF3N3O2. The number of benzene rings is 1. The van der Waals surface area contributed by atoms with Gasteiger partial charge in [0.25, 0.3) is 0 Å². The van der Waals surface area contributed by atoms with E-state index in [1.54, 1.807) is 31.3 Å². The minimum Gasteiger partial charge on any atom is -0.334 e. The van der Waals surface area contributed by atoms with Crippen molar-refractivity contribution < 1.29 is 22.8 Å². The fourth-order valence-electron chi connectivity index (χ4n) is 1.96. The largest absolute Gasteiger partial charge is 0.471 e. The molecule has 0 saturated carbocycles. The van der Waals surface area contributed by atoms with Gasteiger partial charge in [-0.15, -0.1) is 12.4 Å². The summed E-state index contributed by atoms with van der Waals surface area (Å²) < 4.78 is 37.0. The van der Waals surface area contributed by atoms with Gasteiger partial charge < -0.3 is 15.5 Å². The first-order valence-electron chi connectivity index (χ1n) is 7.09. The predicted octanol–water partition coefficient (Wildman–Crippen LogP) is 2.57. The van der Waals surface area contributed by atoms with Crippen molar-refractivity contribution in [3.8, 4) is 0 Å². The van der Waals surface area contributed by atoms with Gasteiger partial charge >= 0.3 is 12.1 Å². The van der Waals surface area contributed by atoms with E-state index in [-0.39, 0.29) is 24.9 Å². The maximum Gasteiger partial charge on any atom is 0.471 e. The molecule has 0 bridgehead atoms. The zero-order valence-electron chi connectivity index (χ0n) is 13.4. The van der Waals surface area contributed by atoms with Crippen LogP contribution in [0.15, 0.2) is 24.3 Å². The smallest absolute Gasteiger partial charge is 0.334 e. The van der Waals surface area contributed by atoms with Gasteiger partial charge in [-0.1, -0.05) is 12.1 Å². The molecule has 0 radical (unpaired) electrons. The van der Waals surface area contributed by atoms with Crippen LogP contribution in [-0.2, 0) is 16.1 Å². The standard InChI is InChI=1S/C15H20F3N3O2.ClH/c1-19-8-4-7-13(22)20-12-6-3-5-11(9-12)10-21(2)14(23)15(16,17)18;/h3,5-6,9,19H,4,7-8,10H2,1-2H3,(H,20,22);1H. The van der Waals surface area contributed by atoms with Crippen molar-refractivity contribution >= 4 is 29.9 Å². The van der Waals surface area contributed by atoms with E-state index in [1.807, 2.05) is 0 Å². The fourth-order valence-corrected chi connectivity index (χ4v) is 1.96. The van der Waals surface area contributed by atoms with Crippen LogP contribution in [0.2, 0.25) is 0 Å². The molecule has 0 spiro atoms. The topological polar surface area (TPSA) is 61.4 Å². The van der Waals surface area contributed by atoms with Crippen molar-refractivity contribution in [3.05, 3.63) is 29.8 Å². The highest BCUT2D eigenvalue weighted by Crippen LogP contribution is 2.20. The Morgan fingerprint density at radius 1 is 1.25 bits per heavy atom. The van der Waals surface area contributed by atoms with E-state index in [9.17, 15) is 22.8 Å². The van der Waals surface area contributed by atoms with E-state index >= 15 is 0 Å². The Hall–Kier alpha value is -1.80. The lowest BCUT2D eigenvalue weighted by atomic mass is 10.2. The second kappa shape index (κ2) is 10.1. The molecule has 0 heterocycles. The Kier molecular flexibility index (Phi) is 9.38. The van der Waals surface area contributed by atoms with Crippen LogP contribution in [-0.4, -0.2) is 43.5 Å². The van der Waals surface area contributed by atoms with E-state index in [0.29, 0.717) is 29.0 Å². The third-order valence-corrected chi connectivity index (χ3v) is 3.05. The molecule has 2 amide bonds. The SMILES string of the molecule is CNCCCC(=O)Nc1cccc(CN(C)C(=O)C(F)(F)F)c1.Cl. The number of amides is 2. The van der Waals surface area contributed by atoms with Gasteiger partial charge in [-0.05, 0) is 37.7 Å². The van der Waals surface area contributed by atoms with E-state index in [2.05, 4.69) is 10.6 Å². The van der Waals surface area contributed by atoms with Crippen LogP contribution >= 0.6 is 12.4 Å². The number of hydrogen-bond donors (Lipinski definition) is 2. The number of halogens is 4. The molecule has 136 valence electrons. The highest BCUT2D eigenvalue weighted by molar-refractivity contribution is 5.90. The number of rotatable bonds is 7. The Balaban J connectivity index is 0.00000529. The van der Waals surface area contributed by atoms with Crippen molar-refractivity contribution in [2.45, 2.75) is 25.6 Å². The average molecular weight is 368 g/mol. The molecule has 5 nitrogen and oxygen atoms in total. The number of hydrogen-bond acceptors (Lipinski definition) is 3. The van der Waals surface area contributed by atoms with E-state index in [1.165, 1.54) is 0 Å². The van der Waals surface area contributed by atoms with E-state index < -0.39 is 12.1 Å². The number of nitrogens with zero attached hydrogens (tertiary/aromatic N) is 1. The molecule has 0 aromatic heterocycles. The maximum absolute atomic E-state index is 12.3. The number of alkyl halides is 3. The zero-order chi connectivity index (χ0) is 17.5. The molecule has 9 heteroatoms. The summed E-state index contributed by atoms with van der Waals surface area (Å²) in [5.74, 6) is -2.07. The Labute approximate surface area is 145 Å². The lowest BCUT2D eigenvalue weighted by Crippen LogP contribution is -2.37. The van der Waals surface area contributed by atoms with Gasteiger partial charge in [0.1, 0.15) is 0 Å². The van der Waals surface area contributed by atoms with Gasteiger partial charge in [0, 0.05) is 25.7 Å². The summed E-state index contributed by atoms with van der Waals surface area (Å²) in [4.78, 5) is 23.4. The quantitative estimate of drug-likeness (QED) is 0.728.